The van der Waals surface area contributed by atoms with Crippen molar-refractivity contribution in [2.45, 2.75) is 51.8 Å². The van der Waals surface area contributed by atoms with Gasteiger partial charge in [0, 0.05) is 42.0 Å². The number of aliphatic hydroxyl groups is 1. The number of rotatable bonds is 11. The Morgan fingerprint density at radius 2 is 1.97 bits per heavy atom. The molecule has 0 bridgehead atoms. The number of pyridine rings is 1. The van der Waals surface area contributed by atoms with Gasteiger partial charge in [0.2, 0.25) is 0 Å². The molecular weight excluding hydrogens is 416 g/mol. The second kappa shape index (κ2) is 10.5. The van der Waals surface area contributed by atoms with Gasteiger partial charge in [0.25, 0.3) is 5.91 Å². The van der Waals surface area contributed by atoms with Crippen molar-refractivity contribution in [1.82, 2.24) is 10.3 Å². The fraction of sp³-hybridized carbons (Fsp3) is 0.385. The van der Waals surface area contributed by atoms with E-state index in [4.69, 9.17) is 4.74 Å². The number of unbranched alkanes of at least 4 members (excludes halogenated alkanes) is 1. The van der Waals surface area contributed by atoms with Gasteiger partial charge in [-0.25, -0.2) is 0 Å². The molecule has 33 heavy (non-hydrogen) atoms. The van der Waals surface area contributed by atoms with Crippen molar-refractivity contribution in [1.29, 1.82) is 0 Å². The highest BCUT2D eigenvalue weighted by Crippen LogP contribution is 2.32. The van der Waals surface area contributed by atoms with Crippen LogP contribution in [-0.4, -0.2) is 35.7 Å². The summed E-state index contributed by atoms with van der Waals surface area (Å²) in [5, 5.41) is 20.7. The largest absolute Gasteiger partial charge is 0.497 e. The van der Waals surface area contributed by atoms with E-state index in [0.29, 0.717) is 12.1 Å². The quantitative estimate of drug-likeness (QED) is 0.324. The van der Waals surface area contributed by atoms with Crippen LogP contribution in [0, 0.1) is 0 Å². The minimum atomic E-state index is -0.115. The molecule has 1 amide bonds. The van der Waals surface area contributed by atoms with E-state index >= 15 is 0 Å². The Morgan fingerprint density at radius 1 is 1.18 bits per heavy atom. The minimum Gasteiger partial charge on any atom is -0.497 e. The van der Waals surface area contributed by atoms with Crippen LogP contribution in [0.15, 0.2) is 42.6 Å². The van der Waals surface area contributed by atoms with Gasteiger partial charge in [-0.2, -0.15) is 0 Å². The third kappa shape index (κ3) is 5.54. The highest BCUT2D eigenvalue weighted by Gasteiger charge is 2.26. The number of anilines is 2. The van der Waals surface area contributed by atoms with Crippen LogP contribution in [0.4, 0.5) is 11.4 Å². The number of hydrogen-bond donors (Lipinski definition) is 4. The summed E-state index contributed by atoms with van der Waals surface area (Å²) in [5.41, 5.74) is 4.74. The fourth-order valence-corrected chi connectivity index (χ4v) is 3.76. The number of methoxy groups -OCH3 is 1. The predicted octanol–water partition coefficient (Wildman–Crippen LogP) is 4.45. The number of hydrogen-bond acceptors (Lipinski definition) is 6. The molecule has 174 valence electrons. The first-order chi connectivity index (χ1) is 16.1. The van der Waals surface area contributed by atoms with Crippen LogP contribution in [0.1, 0.15) is 54.1 Å². The van der Waals surface area contributed by atoms with Crippen LogP contribution in [0.2, 0.25) is 0 Å². The number of nitrogens with one attached hydrogen (secondary N) is 3. The van der Waals surface area contributed by atoms with Gasteiger partial charge in [0.15, 0.2) is 0 Å². The molecule has 0 radical (unpaired) electrons. The zero-order valence-electron chi connectivity index (χ0n) is 19.3. The highest BCUT2D eigenvalue weighted by molar-refractivity contribution is 6.08. The van der Waals surface area contributed by atoms with Crippen molar-refractivity contribution < 1.29 is 14.6 Å². The molecule has 0 atom stereocenters. The van der Waals surface area contributed by atoms with Gasteiger partial charge in [-0.05, 0) is 49.1 Å². The van der Waals surface area contributed by atoms with E-state index in [2.05, 4.69) is 27.9 Å². The lowest BCUT2D eigenvalue weighted by Gasteiger charge is -2.18. The SMILES string of the molecule is CCCCNc1cc2c(NCc3ccc(OC)cc3)c(C(=O)NC3CC3)cnc2cc1CO. The first-order valence-corrected chi connectivity index (χ1v) is 11.6. The number of amides is 1. The second-order valence-corrected chi connectivity index (χ2v) is 8.46. The van der Waals surface area contributed by atoms with Gasteiger partial charge in [-0.3, -0.25) is 9.78 Å². The maximum absolute atomic E-state index is 13.0. The van der Waals surface area contributed by atoms with Crippen molar-refractivity contribution in [2.24, 2.45) is 0 Å². The average molecular weight is 449 g/mol. The second-order valence-electron chi connectivity index (χ2n) is 8.46. The molecule has 3 aromatic rings. The molecular formula is C26H32N4O3. The molecule has 0 aliphatic heterocycles. The standard InChI is InChI=1S/C26H32N4O3/c1-3-4-11-27-23-13-21-24(12-18(23)16-31)28-15-22(26(32)30-19-7-8-19)25(21)29-14-17-5-9-20(33-2)10-6-17/h5-6,9-10,12-13,15,19,27,31H,3-4,7-8,11,14,16H2,1-2H3,(H,28,29)(H,30,32). The van der Waals surface area contributed by atoms with Crippen molar-refractivity contribution in [3.63, 3.8) is 0 Å². The Labute approximate surface area is 194 Å². The first-order valence-electron chi connectivity index (χ1n) is 11.6. The fourth-order valence-electron chi connectivity index (χ4n) is 3.76. The molecule has 4 rings (SSSR count). The summed E-state index contributed by atoms with van der Waals surface area (Å²) in [5.74, 6) is 0.688. The number of aromatic nitrogens is 1. The van der Waals surface area contributed by atoms with Crippen LogP contribution in [-0.2, 0) is 13.2 Å². The van der Waals surface area contributed by atoms with Gasteiger partial charge < -0.3 is 25.8 Å². The van der Waals surface area contributed by atoms with Crippen molar-refractivity contribution in [3.8, 4) is 5.75 Å². The number of nitrogens with zero attached hydrogens (tertiary/aromatic N) is 1. The van der Waals surface area contributed by atoms with E-state index in [1.54, 1.807) is 13.3 Å². The zero-order chi connectivity index (χ0) is 23.2. The Balaban J connectivity index is 1.71. The Hall–Kier alpha value is -3.32. The summed E-state index contributed by atoms with van der Waals surface area (Å²) < 4.78 is 5.25. The summed E-state index contributed by atoms with van der Waals surface area (Å²) in [4.78, 5) is 17.6. The zero-order valence-corrected chi connectivity index (χ0v) is 19.3. The molecule has 1 saturated carbocycles. The monoisotopic (exact) mass is 448 g/mol. The van der Waals surface area contributed by atoms with Crippen LogP contribution in [0.3, 0.4) is 0 Å². The van der Waals surface area contributed by atoms with E-state index in [9.17, 15) is 9.90 Å². The van der Waals surface area contributed by atoms with E-state index in [1.807, 2.05) is 36.4 Å². The summed E-state index contributed by atoms with van der Waals surface area (Å²) in [6.07, 6.45) is 5.78. The highest BCUT2D eigenvalue weighted by atomic mass is 16.5. The molecule has 1 aromatic heterocycles. The number of carbonyl (C=O) groups is 1. The van der Waals surface area contributed by atoms with Crippen molar-refractivity contribution >= 4 is 28.2 Å². The van der Waals surface area contributed by atoms with Gasteiger partial charge in [-0.1, -0.05) is 25.5 Å². The number of aliphatic hydroxyl groups excluding tert-OH is 1. The maximum atomic E-state index is 13.0. The van der Waals surface area contributed by atoms with E-state index in [-0.39, 0.29) is 18.6 Å². The minimum absolute atomic E-state index is 0.0788. The van der Waals surface area contributed by atoms with E-state index in [1.165, 1.54) is 0 Å². The average Bonchev–Trinajstić information content (AvgIpc) is 3.66. The Bertz CT molecular complexity index is 1110. The third-order valence-corrected chi connectivity index (χ3v) is 5.89. The van der Waals surface area contributed by atoms with E-state index in [0.717, 1.165) is 71.4 Å². The molecule has 0 unspecified atom stereocenters. The summed E-state index contributed by atoms with van der Waals surface area (Å²) in [7, 11) is 1.65. The molecule has 2 aromatic carbocycles. The maximum Gasteiger partial charge on any atom is 0.255 e. The van der Waals surface area contributed by atoms with Crippen LogP contribution in [0.5, 0.6) is 5.75 Å². The number of fused-ring (bicyclic) bond motifs is 1. The number of carbonyl (C=O) groups excluding carboxylic acids is 1. The van der Waals surface area contributed by atoms with Crippen molar-refractivity contribution in [2.75, 3.05) is 24.3 Å². The predicted molar refractivity (Wildman–Crippen MR) is 132 cm³/mol. The molecule has 0 saturated heterocycles. The lowest BCUT2D eigenvalue weighted by atomic mass is 10.0. The summed E-state index contributed by atoms with van der Waals surface area (Å²) in [6, 6.07) is 12.0. The number of benzene rings is 2. The molecule has 7 heteroatoms. The Kier molecular flexibility index (Phi) is 7.29. The lowest BCUT2D eigenvalue weighted by molar-refractivity contribution is 0.0951. The van der Waals surface area contributed by atoms with Gasteiger partial charge >= 0.3 is 0 Å². The molecule has 4 N–H and O–H groups in total. The summed E-state index contributed by atoms with van der Waals surface area (Å²) in [6.45, 7) is 3.43. The third-order valence-electron chi connectivity index (χ3n) is 5.89. The Morgan fingerprint density at radius 3 is 2.64 bits per heavy atom. The molecule has 1 fully saturated rings. The smallest absolute Gasteiger partial charge is 0.255 e. The van der Waals surface area contributed by atoms with Gasteiger partial charge in [0.05, 0.1) is 30.5 Å². The number of ether oxygens (including phenoxy) is 1. The van der Waals surface area contributed by atoms with Crippen LogP contribution in [0.25, 0.3) is 10.9 Å². The topological polar surface area (TPSA) is 95.5 Å². The van der Waals surface area contributed by atoms with Crippen molar-refractivity contribution in [3.05, 3.63) is 59.3 Å². The normalized spacial score (nSPS) is 13.1. The van der Waals surface area contributed by atoms with Crippen LogP contribution >= 0.6 is 0 Å². The molecule has 1 aliphatic carbocycles. The van der Waals surface area contributed by atoms with Crippen LogP contribution < -0.4 is 20.7 Å². The molecule has 0 spiro atoms. The van der Waals surface area contributed by atoms with E-state index < -0.39 is 0 Å². The molecule has 1 aliphatic rings. The first kappa shape index (κ1) is 22.9. The molecule has 7 nitrogen and oxygen atoms in total. The van der Waals surface area contributed by atoms with Gasteiger partial charge in [0.1, 0.15) is 5.75 Å². The van der Waals surface area contributed by atoms with Gasteiger partial charge in [-0.15, -0.1) is 0 Å². The summed E-state index contributed by atoms with van der Waals surface area (Å²) >= 11 is 0. The lowest BCUT2D eigenvalue weighted by Crippen LogP contribution is -2.26. The molecule has 1 heterocycles.